The van der Waals surface area contributed by atoms with Gasteiger partial charge in [0.25, 0.3) is 0 Å². The molecule has 0 N–H and O–H groups in total. The first-order chi connectivity index (χ1) is 4.86. The Morgan fingerprint density at radius 1 is 1.30 bits per heavy atom. The zero-order valence-electron chi connectivity index (χ0n) is 5.83. The van der Waals surface area contributed by atoms with Gasteiger partial charge in [0.1, 0.15) is 0 Å². The topological polar surface area (TPSA) is 0 Å². The summed E-state index contributed by atoms with van der Waals surface area (Å²) in [4.78, 5) is 1.30. The lowest BCUT2D eigenvalue weighted by molar-refractivity contribution is 1.36. The van der Waals surface area contributed by atoms with Crippen molar-refractivity contribution in [2.24, 2.45) is 0 Å². The molecule has 1 rings (SSSR count). The van der Waals surface area contributed by atoms with Crippen LogP contribution < -0.4 is 0 Å². The summed E-state index contributed by atoms with van der Waals surface area (Å²) in [6.07, 6.45) is 2.07. The first kappa shape index (κ1) is 8.02. The van der Waals surface area contributed by atoms with Crippen molar-refractivity contribution < 1.29 is 0 Å². The SMILES string of the molecule is CSc1ccc(C[S])cc1. The highest BCUT2D eigenvalue weighted by molar-refractivity contribution is 7.98. The molecule has 1 aromatic carbocycles. The summed E-state index contributed by atoms with van der Waals surface area (Å²) in [6, 6.07) is 8.37. The number of rotatable bonds is 2. The molecule has 2 heteroatoms. The predicted octanol–water partition coefficient (Wildman–Crippen LogP) is 3.11. The van der Waals surface area contributed by atoms with Gasteiger partial charge >= 0.3 is 0 Å². The monoisotopic (exact) mass is 169 g/mol. The van der Waals surface area contributed by atoms with Crippen LogP contribution in [0, 0.1) is 0 Å². The third kappa shape index (κ3) is 1.96. The molecule has 53 valence electrons. The van der Waals surface area contributed by atoms with E-state index in [9.17, 15) is 0 Å². The molecule has 0 aliphatic heterocycles. The summed E-state index contributed by atoms with van der Waals surface area (Å²) in [5.41, 5.74) is 1.23. The molecule has 0 aromatic heterocycles. The standard InChI is InChI=1S/C8H9S2/c1-10-8-4-2-7(6-9)3-5-8/h2-5H,6H2,1H3. The van der Waals surface area contributed by atoms with Crippen LogP contribution in [0.5, 0.6) is 0 Å². The second kappa shape index (κ2) is 3.94. The van der Waals surface area contributed by atoms with E-state index in [1.54, 1.807) is 11.8 Å². The Bertz CT molecular complexity index is 168. The Hall–Kier alpha value is -0.0800. The summed E-state index contributed by atoms with van der Waals surface area (Å²) < 4.78 is 0. The normalized spacial score (nSPS) is 9.80. The Morgan fingerprint density at radius 2 is 1.90 bits per heavy atom. The van der Waals surface area contributed by atoms with Crippen molar-refractivity contribution in [1.29, 1.82) is 0 Å². The van der Waals surface area contributed by atoms with Crippen LogP contribution in [-0.2, 0) is 5.75 Å². The van der Waals surface area contributed by atoms with Crippen LogP contribution in [0.1, 0.15) is 5.56 Å². The highest BCUT2D eigenvalue weighted by Crippen LogP contribution is 2.15. The van der Waals surface area contributed by atoms with Crippen molar-refractivity contribution in [3.8, 4) is 0 Å². The van der Waals surface area contributed by atoms with E-state index in [2.05, 4.69) is 30.5 Å². The molecule has 0 saturated carbocycles. The fraction of sp³-hybridized carbons (Fsp3) is 0.250. The lowest BCUT2D eigenvalue weighted by Crippen LogP contribution is -1.75. The summed E-state index contributed by atoms with van der Waals surface area (Å²) in [5, 5.41) is 0. The first-order valence-electron chi connectivity index (χ1n) is 3.08. The molecule has 0 aliphatic carbocycles. The minimum atomic E-state index is 0.717. The molecule has 0 aliphatic rings. The van der Waals surface area contributed by atoms with Crippen LogP contribution in [0.4, 0.5) is 0 Å². The molecule has 0 amide bonds. The molecule has 0 nitrogen and oxygen atoms in total. The highest BCUT2D eigenvalue weighted by Gasteiger charge is 1.89. The van der Waals surface area contributed by atoms with Gasteiger partial charge in [-0.2, -0.15) is 0 Å². The molecule has 1 radical (unpaired) electrons. The van der Waals surface area contributed by atoms with Gasteiger partial charge in [-0.15, -0.1) is 11.8 Å². The lowest BCUT2D eigenvalue weighted by Gasteiger charge is -1.96. The van der Waals surface area contributed by atoms with Crippen LogP contribution in [0.2, 0.25) is 0 Å². The van der Waals surface area contributed by atoms with Crippen LogP contribution in [0.15, 0.2) is 29.2 Å². The largest absolute Gasteiger partial charge is 0.130 e. The first-order valence-corrected chi connectivity index (χ1v) is 4.88. The van der Waals surface area contributed by atoms with Gasteiger partial charge in [-0.25, -0.2) is 0 Å². The highest BCUT2D eigenvalue weighted by atomic mass is 32.2. The van der Waals surface area contributed by atoms with Crippen molar-refractivity contribution in [2.75, 3.05) is 6.26 Å². The van der Waals surface area contributed by atoms with Crippen molar-refractivity contribution in [3.63, 3.8) is 0 Å². The smallest absolute Gasteiger partial charge is 0.0288 e. The van der Waals surface area contributed by atoms with Crippen LogP contribution in [0.3, 0.4) is 0 Å². The summed E-state index contributed by atoms with van der Waals surface area (Å²) >= 11 is 6.65. The van der Waals surface area contributed by atoms with Gasteiger partial charge in [-0.3, -0.25) is 0 Å². The minimum Gasteiger partial charge on any atom is -0.130 e. The number of hydrogen-bond donors (Lipinski definition) is 0. The van der Waals surface area contributed by atoms with Gasteiger partial charge in [-0.1, -0.05) is 24.8 Å². The third-order valence-electron chi connectivity index (χ3n) is 1.33. The predicted molar refractivity (Wildman–Crippen MR) is 49.5 cm³/mol. The van der Waals surface area contributed by atoms with Gasteiger partial charge < -0.3 is 0 Å². The quantitative estimate of drug-likeness (QED) is 0.613. The molecule has 0 atom stereocenters. The molecule has 0 bridgehead atoms. The molecule has 0 fully saturated rings. The van der Waals surface area contributed by atoms with E-state index in [-0.39, 0.29) is 0 Å². The summed E-state index contributed by atoms with van der Waals surface area (Å²) in [5.74, 6) is 0.717. The zero-order valence-corrected chi connectivity index (χ0v) is 7.47. The fourth-order valence-corrected chi connectivity index (χ4v) is 1.32. The zero-order chi connectivity index (χ0) is 7.40. The third-order valence-corrected chi connectivity index (χ3v) is 2.40. The van der Waals surface area contributed by atoms with E-state index in [4.69, 9.17) is 12.6 Å². The van der Waals surface area contributed by atoms with E-state index in [0.29, 0.717) is 5.75 Å². The van der Waals surface area contributed by atoms with Crippen molar-refractivity contribution in [1.82, 2.24) is 0 Å². The van der Waals surface area contributed by atoms with Gasteiger partial charge in [0.2, 0.25) is 0 Å². The molecule has 0 heterocycles. The Kier molecular flexibility index (Phi) is 3.16. The molecular formula is C8H9S2. The molecule has 0 unspecified atom stereocenters. The van der Waals surface area contributed by atoms with Crippen molar-refractivity contribution >= 4 is 24.4 Å². The minimum absolute atomic E-state index is 0.717. The number of benzene rings is 1. The molecule has 0 spiro atoms. The van der Waals surface area contributed by atoms with E-state index in [1.165, 1.54) is 10.5 Å². The average molecular weight is 169 g/mol. The van der Waals surface area contributed by atoms with Crippen LogP contribution >= 0.6 is 24.4 Å². The van der Waals surface area contributed by atoms with Crippen LogP contribution in [-0.4, -0.2) is 6.26 Å². The Balaban J connectivity index is 2.80. The fourth-order valence-electron chi connectivity index (χ4n) is 0.722. The van der Waals surface area contributed by atoms with E-state index in [0.717, 1.165) is 0 Å². The maximum atomic E-state index is 4.89. The van der Waals surface area contributed by atoms with Crippen LogP contribution in [0.25, 0.3) is 0 Å². The van der Waals surface area contributed by atoms with Gasteiger partial charge in [-0.05, 0) is 24.0 Å². The lowest BCUT2D eigenvalue weighted by atomic mass is 10.2. The molecule has 0 saturated heterocycles. The molecule has 1 aromatic rings. The van der Waals surface area contributed by atoms with E-state index in [1.807, 2.05) is 0 Å². The van der Waals surface area contributed by atoms with Gasteiger partial charge in [0.15, 0.2) is 0 Å². The second-order valence-corrected chi connectivity index (χ2v) is 3.16. The molecule has 10 heavy (non-hydrogen) atoms. The summed E-state index contributed by atoms with van der Waals surface area (Å²) in [6.45, 7) is 0. The Labute approximate surface area is 71.4 Å². The van der Waals surface area contributed by atoms with Gasteiger partial charge in [0, 0.05) is 10.6 Å². The van der Waals surface area contributed by atoms with Gasteiger partial charge in [0.05, 0.1) is 0 Å². The van der Waals surface area contributed by atoms with Crippen molar-refractivity contribution in [2.45, 2.75) is 10.6 Å². The maximum absolute atomic E-state index is 4.89. The van der Waals surface area contributed by atoms with E-state index < -0.39 is 0 Å². The maximum Gasteiger partial charge on any atom is 0.0288 e. The van der Waals surface area contributed by atoms with Crippen molar-refractivity contribution in [3.05, 3.63) is 29.8 Å². The Morgan fingerprint density at radius 3 is 2.30 bits per heavy atom. The average Bonchev–Trinajstić information content (AvgIpc) is 2.05. The number of thioether (sulfide) groups is 1. The van der Waals surface area contributed by atoms with E-state index >= 15 is 0 Å². The molecular weight excluding hydrogens is 160 g/mol. The second-order valence-electron chi connectivity index (χ2n) is 1.99. The number of hydrogen-bond acceptors (Lipinski definition) is 1. The summed E-state index contributed by atoms with van der Waals surface area (Å²) in [7, 11) is 0.